The van der Waals surface area contributed by atoms with E-state index in [1.54, 1.807) is 25.3 Å². The second-order valence-electron chi connectivity index (χ2n) is 3.01. The molecule has 0 heterocycles. The molecule has 4 nitrogen and oxygen atoms in total. The van der Waals surface area contributed by atoms with Gasteiger partial charge in [-0.05, 0) is 35.0 Å². The molecule has 15 heavy (non-hydrogen) atoms. The summed E-state index contributed by atoms with van der Waals surface area (Å²) >= 11 is 3.30. The molecule has 0 spiro atoms. The number of aliphatic hydroxyl groups is 1. The molecule has 1 aromatic carbocycles. The predicted molar refractivity (Wildman–Crippen MR) is 61.0 cm³/mol. The summed E-state index contributed by atoms with van der Waals surface area (Å²) in [5, 5.41) is 11.6. The molecule has 0 aliphatic carbocycles. The zero-order chi connectivity index (χ0) is 11.4. The molecule has 1 aromatic rings. The van der Waals surface area contributed by atoms with Crippen LogP contribution in [-0.4, -0.2) is 24.2 Å². The summed E-state index contributed by atoms with van der Waals surface area (Å²) in [5.41, 5.74) is 0.584. The van der Waals surface area contributed by atoms with Crippen molar-refractivity contribution in [1.82, 2.24) is 0 Å². The van der Waals surface area contributed by atoms with Crippen molar-refractivity contribution in [2.24, 2.45) is 0 Å². The van der Waals surface area contributed by atoms with Crippen LogP contribution in [-0.2, 0) is 4.79 Å². The summed E-state index contributed by atoms with van der Waals surface area (Å²) in [6, 6.07) is 5.15. The number of ether oxygens (including phenoxy) is 1. The molecular formula is C10H12BrNO3. The average Bonchev–Trinajstić information content (AvgIpc) is 2.20. The van der Waals surface area contributed by atoms with Crippen molar-refractivity contribution in [3.05, 3.63) is 22.7 Å². The van der Waals surface area contributed by atoms with Crippen LogP contribution in [0.2, 0.25) is 0 Å². The van der Waals surface area contributed by atoms with Gasteiger partial charge in [0.25, 0.3) is 5.91 Å². The molecule has 0 saturated carbocycles. The number of hydrogen-bond donors (Lipinski definition) is 2. The molecule has 2 N–H and O–H groups in total. The van der Waals surface area contributed by atoms with Crippen LogP contribution in [0.5, 0.6) is 5.75 Å². The standard InChI is InChI=1S/C10H12BrNO3/c1-6(13)10(14)12-7-3-4-8(11)9(5-7)15-2/h3-6,13H,1-2H3,(H,12,14). The van der Waals surface area contributed by atoms with Gasteiger partial charge in [0.15, 0.2) is 0 Å². The van der Waals surface area contributed by atoms with E-state index in [0.29, 0.717) is 11.4 Å². The summed E-state index contributed by atoms with van der Waals surface area (Å²) in [5.74, 6) is 0.178. The van der Waals surface area contributed by atoms with E-state index in [2.05, 4.69) is 21.2 Å². The highest BCUT2D eigenvalue weighted by atomic mass is 79.9. The molecule has 0 aliphatic rings. The van der Waals surface area contributed by atoms with Crippen molar-refractivity contribution in [1.29, 1.82) is 0 Å². The Bertz CT molecular complexity index is 366. The second-order valence-corrected chi connectivity index (χ2v) is 3.87. The lowest BCUT2D eigenvalue weighted by molar-refractivity contribution is -0.123. The van der Waals surface area contributed by atoms with Crippen molar-refractivity contribution >= 4 is 27.5 Å². The monoisotopic (exact) mass is 273 g/mol. The van der Waals surface area contributed by atoms with Crippen molar-refractivity contribution in [2.75, 3.05) is 12.4 Å². The Morgan fingerprint density at radius 2 is 2.27 bits per heavy atom. The maximum Gasteiger partial charge on any atom is 0.252 e. The van der Waals surface area contributed by atoms with Gasteiger partial charge in [0.1, 0.15) is 11.9 Å². The summed E-state index contributed by atoms with van der Waals surface area (Å²) < 4.78 is 5.87. The molecule has 0 radical (unpaired) electrons. The lowest BCUT2D eigenvalue weighted by Crippen LogP contribution is -2.24. The number of benzene rings is 1. The van der Waals surface area contributed by atoms with E-state index in [-0.39, 0.29) is 0 Å². The van der Waals surface area contributed by atoms with E-state index in [4.69, 9.17) is 9.84 Å². The fourth-order valence-electron chi connectivity index (χ4n) is 0.984. The van der Waals surface area contributed by atoms with Gasteiger partial charge < -0.3 is 15.2 Å². The highest BCUT2D eigenvalue weighted by Gasteiger charge is 2.09. The van der Waals surface area contributed by atoms with Gasteiger partial charge in [0, 0.05) is 11.8 Å². The largest absolute Gasteiger partial charge is 0.495 e. The number of rotatable bonds is 3. The first-order valence-electron chi connectivity index (χ1n) is 4.37. The molecule has 1 rings (SSSR count). The Balaban J connectivity index is 2.83. The van der Waals surface area contributed by atoms with Crippen LogP contribution in [0.25, 0.3) is 0 Å². The Morgan fingerprint density at radius 1 is 1.60 bits per heavy atom. The minimum absolute atomic E-state index is 0.445. The molecule has 82 valence electrons. The number of carbonyl (C=O) groups excluding carboxylic acids is 1. The first-order chi connectivity index (χ1) is 7.04. The average molecular weight is 274 g/mol. The molecule has 0 aliphatic heterocycles. The van der Waals surface area contributed by atoms with E-state index in [0.717, 1.165) is 4.47 Å². The number of carbonyl (C=O) groups is 1. The van der Waals surface area contributed by atoms with E-state index in [1.807, 2.05) is 0 Å². The van der Waals surface area contributed by atoms with Gasteiger partial charge in [-0.25, -0.2) is 0 Å². The number of halogens is 1. The molecular weight excluding hydrogens is 262 g/mol. The topological polar surface area (TPSA) is 58.6 Å². The number of amides is 1. The first-order valence-corrected chi connectivity index (χ1v) is 5.16. The summed E-state index contributed by atoms with van der Waals surface area (Å²) in [7, 11) is 1.54. The Morgan fingerprint density at radius 3 is 2.80 bits per heavy atom. The SMILES string of the molecule is COc1cc(NC(=O)C(C)O)ccc1Br. The third-order valence-electron chi connectivity index (χ3n) is 1.80. The quantitative estimate of drug-likeness (QED) is 0.883. The van der Waals surface area contributed by atoms with Crippen LogP contribution in [0.4, 0.5) is 5.69 Å². The Hall–Kier alpha value is -1.07. The van der Waals surface area contributed by atoms with Crippen LogP contribution in [0.1, 0.15) is 6.92 Å². The summed E-state index contributed by atoms with van der Waals surface area (Å²) in [6.45, 7) is 1.41. The number of anilines is 1. The number of methoxy groups -OCH3 is 1. The Kier molecular flexibility index (Phi) is 4.11. The molecule has 1 unspecified atom stereocenters. The lowest BCUT2D eigenvalue weighted by Gasteiger charge is -2.09. The third-order valence-corrected chi connectivity index (χ3v) is 2.45. The fraction of sp³-hybridized carbons (Fsp3) is 0.300. The van der Waals surface area contributed by atoms with Crippen LogP contribution in [0.15, 0.2) is 22.7 Å². The molecule has 0 saturated heterocycles. The summed E-state index contributed by atoms with van der Waals surface area (Å²) in [6.07, 6.45) is -1.03. The van der Waals surface area contributed by atoms with E-state index < -0.39 is 12.0 Å². The smallest absolute Gasteiger partial charge is 0.252 e. The highest BCUT2D eigenvalue weighted by molar-refractivity contribution is 9.10. The maximum absolute atomic E-state index is 11.2. The number of hydrogen-bond acceptors (Lipinski definition) is 3. The maximum atomic E-state index is 11.2. The van der Waals surface area contributed by atoms with Gasteiger partial charge in [-0.2, -0.15) is 0 Å². The minimum Gasteiger partial charge on any atom is -0.495 e. The Labute approximate surface area is 96.4 Å². The van der Waals surface area contributed by atoms with Crippen molar-refractivity contribution < 1.29 is 14.6 Å². The first kappa shape index (κ1) is 12.0. The molecule has 0 bridgehead atoms. The van der Waals surface area contributed by atoms with E-state index in [1.165, 1.54) is 6.92 Å². The summed E-state index contributed by atoms with van der Waals surface area (Å²) in [4.78, 5) is 11.2. The van der Waals surface area contributed by atoms with Gasteiger partial charge in [0.05, 0.1) is 11.6 Å². The van der Waals surface area contributed by atoms with Crippen LogP contribution < -0.4 is 10.1 Å². The minimum atomic E-state index is -1.03. The van der Waals surface area contributed by atoms with Crippen LogP contribution in [0.3, 0.4) is 0 Å². The molecule has 1 amide bonds. The van der Waals surface area contributed by atoms with Crippen LogP contribution in [0, 0.1) is 0 Å². The van der Waals surface area contributed by atoms with E-state index in [9.17, 15) is 4.79 Å². The van der Waals surface area contributed by atoms with Crippen LogP contribution >= 0.6 is 15.9 Å². The zero-order valence-electron chi connectivity index (χ0n) is 8.45. The molecule has 0 fully saturated rings. The fourth-order valence-corrected chi connectivity index (χ4v) is 1.39. The normalized spacial score (nSPS) is 12.0. The predicted octanol–water partition coefficient (Wildman–Crippen LogP) is 1.78. The zero-order valence-corrected chi connectivity index (χ0v) is 10.0. The van der Waals surface area contributed by atoms with Gasteiger partial charge in [-0.3, -0.25) is 4.79 Å². The number of nitrogens with one attached hydrogen (secondary N) is 1. The van der Waals surface area contributed by atoms with Gasteiger partial charge >= 0.3 is 0 Å². The number of aliphatic hydroxyl groups excluding tert-OH is 1. The third kappa shape index (κ3) is 3.21. The van der Waals surface area contributed by atoms with Gasteiger partial charge in [-0.15, -0.1) is 0 Å². The van der Waals surface area contributed by atoms with Gasteiger partial charge in [-0.1, -0.05) is 0 Å². The van der Waals surface area contributed by atoms with Crippen molar-refractivity contribution in [3.8, 4) is 5.75 Å². The lowest BCUT2D eigenvalue weighted by atomic mass is 10.3. The molecule has 1 atom stereocenters. The van der Waals surface area contributed by atoms with Gasteiger partial charge in [0.2, 0.25) is 0 Å². The molecule has 5 heteroatoms. The van der Waals surface area contributed by atoms with Crippen molar-refractivity contribution in [2.45, 2.75) is 13.0 Å². The van der Waals surface area contributed by atoms with E-state index >= 15 is 0 Å². The second kappa shape index (κ2) is 5.14. The highest BCUT2D eigenvalue weighted by Crippen LogP contribution is 2.27. The van der Waals surface area contributed by atoms with Crippen molar-refractivity contribution in [3.63, 3.8) is 0 Å². The molecule has 0 aromatic heterocycles.